The van der Waals surface area contributed by atoms with Crippen molar-refractivity contribution < 1.29 is 42.1 Å². The molecule has 0 rings (SSSR count). The van der Waals surface area contributed by atoms with E-state index in [0.29, 0.717) is 17.4 Å². The van der Waals surface area contributed by atoms with Gasteiger partial charge in [0.15, 0.2) is 6.10 Å². The molecule has 0 aromatic carbocycles. The van der Waals surface area contributed by atoms with Gasteiger partial charge in [0.2, 0.25) is 0 Å². The molecule has 0 aliphatic carbocycles. The van der Waals surface area contributed by atoms with Crippen LogP contribution in [0, 0.1) is 0 Å². The summed E-state index contributed by atoms with van der Waals surface area (Å²) in [5, 5.41) is 0. The molecule has 0 aliphatic rings. The fraction of sp³-hybridized carbons (Fsp3) is 0.828. The lowest BCUT2D eigenvalue weighted by Crippen LogP contribution is -2.37. The maximum absolute atomic E-state index is 12.7. The van der Waals surface area contributed by atoms with E-state index in [0.717, 1.165) is 70.6 Å². The minimum absolute atomic E-state index is 0.0339. The van der Waals surface area contributed by atoms with Gasteiger partial charge in [-0.3, -0.25) is 18.6 Å². The van der Waals surface area contributed by atoms with Crippen LogP contribution in [0.2, 0.25) is 0 Å². The van der Waals surface area contributed by atoms with Crippen molar-refractivity contribution in [3.8, 4) is 0 Å². The Labute approximate surface area is 420 Å². The van der Waals surface area contributed by atoms with Crippen LogP contribution in [-0.2, 0) is 32.7 Å². The Morgan fingerprint density at radius 3 is 1.25 bits per heavy atom. The van der Waals surface area contributed by atoms with Gasteiger partial charge in [-0.15, -0.1) is 0 Å². The maximum Gasteiger partial charge on any atom is 0.472 e. The molecule has 1 N–H and O–H groups in total. The second-order valence-electron chi connectivity index (χ2n) is 20.3. The first-order valence-corrected chi connectivity index (χ1v) is 29.9. The van der Waals surface area contributed by atoms with Gasteiger partial charge >= 0.3 is 19.8 Å². The van der Waals surface area contributed by atoms with Gasteiger partial charge in [0, 0.05) is 12.8 Å². The number of rotatable bonds is 52. The largest absolute Gasteiger partial charge is 0.472 e. The number of phosphoric acid groups is 1. The number of quaternary nitrogens is 1. The molecule has 0 saturated carbocycles. The molecule has 0 amide bonds. The third kappa shape index (κ3) is 53.3. The predicted octanol–water partition coefficient (Wildman–Crippen LogP) is 17.4. The molecule has 0 saturated heterocycles. The van der Waals surface area contributed by atoms with Gasteiger partial charge < -0.3 is 18.9 Å². The average molecular weight is 979 g/mol. The second kappa shape index (κ2) is 49.9. The first-order valence-electron chi connectivity index (χ1n) is 28.4. The summed E-state index contributed by atoms with van der Waals surface area (Å²) in [6.45, 7) is 4.24. The number of likely N-dealkylation sites (N-methyl/N-ethyl adjacent to an activating group) is 1. The first-order chi connectivity index (χ1) is 33.0. The summed E-state index contributed by atoms with van der Waals surface area (Å²) in [4.78, 5) is 35.1. The van der Waals surface area contributed by atoms with Crippen LogP contribution < -0.4 is 0 Å². The first kappa shape index (κ1) is 66.0. The van der Waals surface area contributed by atoms with Crippen molar-refractivity contribution in [3.05, 3.63) is 48.6 Å². The number of ether oxygens (including phenoxy) is 2. The van der Waals surface area contributed by atoms with Crippen molar-refractivity contribution in [2.45, 2.75) is 264 Å². The topological polar surface area (TPSA) is 108 Å². The highest BCUT2D eigenvalue weighted by atomic mass is 31.2. The third-order valence-corrected chi connectivity index (χ3v) is 13.4. The minimum Gasteiger partial charge on any atom is -0.462 e. The van der Waals surface area contributed by atoms with Gasteiger partial charge in [-0.25, -0.2) is 4.57 Å². The van der Waals surface area contributed by atoms with E-state index in [1.165, 1.54) is 154 Å². The van der Waals surface area contributed by atoms with Crippen molar-refractivity contribution in [1.29, 1.82) is 0 Å². The van der Waals surface area contributed by atoms with E-state index in [4.69, 9.17) is 18.5 Å². The molecule has 9 nitrogen and oxygen atoms in total. The Kier molecular flexibility index (Phi) is 48.4. The van der Waals surface area contributed by atoms with Gasteiger partial charge in [-0.2, -0.15) is 0 Å². The molecule has 2 atom stereocenters. The molecule has 0 spiro atoms. The Morgan fingerprint density at radius 1 is 0.471 bits per heavy atom. The maximum atomic E-state index is 12.7. The lowest BCUT2D eigenvalue weighted by Gasteiger charge is -2.24. The molecule has 0 bridgehead atoms. The lowest BCUT2D eigenvalue weighted by molar-refractivity contribution is -0.870. The smallest absolute Gasteiger partial charge is 0.462 e. The van der Waals surface area contributed by atoms with Crippen LogP contribution in [0.1, 0.15) is 258 Å². The normalized spacial score (nSPS) is 13.7. The Bertz CT molecular complexity index is 1290. The molecule has 2 unspecified atom stereocenters. The predicted molar refractivity (Wildman–Crippen MR) is 289 cm³/mol. The van der Waals surface area contributed by atoms with E-state index in [9.17, 15) is 19.0 Å². The fourth-order valence-corrected chi connectivity index (χ4v) is 8.75. The van der Waals surface area contributed by atoms with Crippen molar-refractivity contribution in [1.82, 2.24) is 0 Å². The zero-order valence-electron chi connectivity index (χ0n) is 45.1. The molecule has 0 aliphatic heterocycles. The third-order valence-electron chi connectivity index (χ3n) is 12.4. The number of carbonyl (C=O) groups is 2. The summed E-state index contributed by atoms with van der Waals surface area (Å²) < 4.78 is 34.2. The van der Waals surface area contributed by atoms with E-state index in [1.807, 2.05) is 21.1 Å². The number of hydrogen-bond acceptors (Lipinski definition) is 7. The van der Waals surface area contributed by atoms with Crippen LogP contribution in [-0.4, -0.2) is 74.9 Å². The molecule has 0 aromatic rings. The number of nitrogens with zero attached hydrogens (tertiary/aromatic N) is 1. The van der Waals surface area contributed by atoms with Gasteiger partial charge in [0.1, 0.15) is 19.8 Å². The molecular formula is C58H109NO8P+. The molecular weight excluding hydrogens is 870 g/mol. The second-order valence-corrected chi connectivity index (χ2v) is 21.8. The van der Waals surface area contributed by atoms with Crippen molar-refractivity contribution >= 4 is 19.8 Å². The van der Waals surface area contributed by atoms with Gasteiger partial charge in [0.25, 0.3) is 0 Å². The molecule has 10 heteroatoms. The van der Waals surface area contributed by atoms with Crippen LogP contribution in [0.4, 0.5) is 0 Å². The average Bonchev–Trinajstić information content (AvgIpc) is 3.30. The zero-order valence-corrected chi connectivity index (χ0v) is 46.0. The SMILES string of the molecule is CC/C=C\C/C=C\C/C=C\C/C=C\CCCCCCCCCCCCCCCCCCCCCCCCCCCCC(=O)OC(COC(=O)CCCCCCC)COP(=O)(O)OCC[N+](C)(C)C. The van der Waals surface area contributed by atoms with E-state index >= 15 is 0 Å². The van der Waals surface area contributed by atoms with E-state index in [2.05, 4.69) is 62.5 Å². The van der Waals surface area contributed by atoms with Crippen molar-refractivity contribution in [2.75, 3.05) is 47.5 Å². The molecule has 0 heterocycles. The van der Waals surface area contributed by atoms with Crippen LogP contribution >= 0.6 is 7.82 Å². The monoisotopic (exact) mass is 979 g/mol. The highest BCUT2D eigenvalue weighted by molar-refractivity contribution is 7.47. The summed E-state index contributed by atoms with van der Waals surface area (Å²) in [6, 6.07) is 0. The van der Waals surface area contributed by atoms with E-state index < -0.39 is 26.5 Å². The number of carbonyl (C=O) groups excluding carboxylic acids is 2. The summed E-state index contributed by atoms with van der Waals surface area (Å²) in [6.07, 6.45) is 62.7. The Balaban J connectivity index is 3.72. The standard InChI is InChI=1S/C58H108NO8P/c1-6-8-10-12-13-14-15-16-17-18-19-20-21-22-23-24-25-26-27-28-29-30-31-32-33-34-35-36-37-38-39-40-41-42-43-44-45-47-49-51-58(61)67-56(54-64-57(60)50-48-46-11-9-7-2)55-66-68(62,63)65-53-52-59(3,4)5/h8,10,13-14,16-17,19-20,56H,6-7,9,11-12,15,18,21-55H2,1-5H3/p+1/b10-8-,14-13-,17-16-,20-19-. The molecule has 0 aromatic heterocycles. The van der Waals surface area contributed by atoms with Crippen molar-refractivity contribution in [3.63, 3.8) is 0 Å². The zero-order chi connectivity index (χ0) is 49.9. The van der Waals surface area contributed by atoms with Crippen molar-refractivity contribution in [2.24, 2.45) is 0 Å². The number of allylic oxidation sites excluding steroid dienone is 8. The van der Waals surface area contributed by atoms with E-state index in [-0.39, 0.29) is 32.0 Å². The van der Waals surface area contributed by atoms with Gasteiger partial charge in [-0.1, -0.05) is 242 Å². The number of phosphoric ester groups is 1. The van der Waals surface area contributed by atoms with Crippen LogP contribution in [0.25, 0.3) is 0 Å². The van der Waals surface area contributed by atoms with Crippen LogP contribution in [0.15, 0.2) is 48.6 Å². The van der Waals surface area contributed by atoms with Gasteiger partial charge in [-0.05, 0) is 51.4 Å². The molecule has 0 radical (unpaired) electrons. The highest BCUT2D eigenvalue weighted by Gasteiger charge is 2.27. The number of unbranched alkanes of at least 4 members (excludes halogenated alkanes) is 30. The fourth-order valence-electron chi connectivity index (χ4n) is 8.01. The summed E-state index contributed by atoms with van der Waals surface area (Å²) in [7, 11) is 1.49. The van der Waals surface area contributed by atoms with Crippen LogP contribution in [0.3, 0.4) is 0 Å². The Hall–Kier alpha value is -2.03. The minimum atomic E-state index is -4.36. The number of hydrogen-bond donors (Lipinski definition) is 1. The Morgan fingerprint density at radius 2 is 0.838 bits per heavy atom. The molecule has 68 heavy (non-hydrogen) atoms. The summed E-state index contributed by atoms with van der Waals surface area (Å²) in [5.74, 6) is -0.802. The molecule has 0 fully saturated rings. The quantitative estimate of drug-likeness (QED) is 0.0211. The van der Waals surface area contributed by atoms with E-state index in [1.54, 1.807) is 0 Å². The van der Waals surface area contributed by atoms with Gasteiger partial charge in [0.05, 0.1) is 27.7 Å². The summed E-state index contributed by atoms with van der Waals surface area (Å²) >= 11 is 0. The summed E-state index contributed by atoms with van der Waals surface area (Å²) in [5.41, 5.74) is 0. The highest BCUT2D eigenvalue weighted by Crippen LogP contribution is 2.43. The molecule has 398 valence electrons. The van der Waals surface area contributed by atoms with Crippen LogP contribution in [0.5, 0.6) is 0 Å². The number of esters is 2. The lowest BCUT2D eigenvalue weighted by atomic mass is 10.0.